The number of nitrogens with two attached hydrogens (primary N) is 1. The Morgan fingerprint density at radius 1 is 0.644 bits per heavy atom. The first-order chi connectivity index (χ1) is 34.0. The minimum absolute atomic E-state index is 0.819. The molecule has 0 aromatic rings. The lowest BCUT2D eigenvalue weighted by atomic mass is 9.88. The highest BCUT2D eigenvalue weighted by Gasteiger charge is 2.61. The van der Waals surface area contributed by atoms with Gasteiger partial charge in [-0.2, -0.15) is 0 Å². The highest BCUT2D eigenvalue weighted by atomic mass is 16.8. The summed E-state index contributed by atoms with van der Waals surface area (Å²) in [7, 11) is 0. The second-order valence-corrected chi connectivity index (χ2v) is 17.9. The highest BCUT2D eigenvalue weighted by molar-refractivity contribution is 5.78. The van der Waals surface area contributed by atoms with Crippen LogP contribution in [0.1, 0.15) is 40.5 Å². The number of amides is 3. The lowest BCUT2D eigenvalue weighted by Gasteiger charge is -2.51. The molecule has 0 spiro atoms. The maximum Gasteiger partial charge on any atom is 0.364 e. The van der Waals surface area contributed by atoms with Crippen molar-refractivity contribution in [1.82, 2.24) is 16.0 Å². The van der Waals surface area contributed by atoms with Crippen LogP contribution in [0, 0.1) is 0 Å². The summed E-state index contributed by atoms with van der Waals surface area (Å²) in [4.78, 5) is 75.7. The lowest BCUT2D eigenvalue weighted by molar-refractivity contribution is -0.380. The van der Waals surface area contributed by atoms with Crippen molar-refractivity contribution in [2.45, 2.75) is 187 Å². The summed E-state index contributed by atoms with van der Waals surface area (Å²) < 4.78 is 45.2. The topological polar surface area (TPSA) is 542 Å². The molecule has 0 aromatic carbocycles. The van der Waals surface area contributed by atoms with Gasteiger partial charge >= 0.3 is 17.9 Å². The number of hydrogen-bond donors (Lipinski definition) is 19. The summed E-state index contributed by atoms with van der Waals surface area (Å²) in [6, 6.07) is -7.06. The van der Waals surface area contributed by atoms with E-state index in [-0.39, 0.29) is 0 Å². The SMILES string of the molecule is CC(=O)N[C@H]1[C@@H](OC(=O)[C@@H](N)[C@@H](C)O)O[C@H](CO[C@]2(C(=O)O)C[C@H](O)[C@@H](NC(C)=O)[C@H]([C@H](O)[C@H](O)CO)O2)[C@H](O)[C@@H]1O[C@@H]1O[C@H](CO)[C@H](O[C@]2(C(=O)O)C[C@H](O)[C@@H](NC(C)=O)[C@H]([C@H](O)[C@H](O)CO)O2)[C@H](O)[C@H]1O. The van der Waals surface area contributed by atoms with E-state index in [0.717, 1.165) is 27.7 Å². The Bertz CT molecular complexity index is 1900. The van der Waals surface area contributed by atoms with Crippen LogP contribution >= 0.6 is 0 Å². The van der Waals surface area contributed by atoms with Gasteiger partial charge in [0.15, 0.2) is 6.29 Å². The zero-order chi connectivity index (χ0) is 55.2. The number of esters is 1. The van der Waals surface area contributed by atoms with E-state index in [2.05, 4.69) is 16.0 Å². The minimum Gasteiger partial charge on any atom is -0.477 e. The number of carbonyl (C=O) groups is 6. The number of rotatable bonds is 22. The molecule has 24 atom stereocenters. The molecule has 33 heteroatoms. The average Bonchev–Trinajstić information content (AvgIpc) is 3.32. The zero-order valence-corrected chi connectivity index (χ0v) is 39.4. The molecule has 0 aliphatic carbocycles. The summed E-state index contributed by atoms with van der Waals surface area (Å²) >= 11 is 0. The zero-order valence-electron chi connectivity index (χ0n) is 39.4. The number of aliphatic carboxylic acids is 2. The smallest absolute Gasteiger partial charge is 0.364 e. The molecule has 20 N–H and O–H groups in total. The van der Waals surface area contributed by atoms with Crippen molar-refractivity contribution in [3.8, 4) is 0 Å². The molecule has 3 amide bonds. The van der Waals surface area contributed by atoms with Gasteiger partial charge in [-0.25, -0.2) is 9.59 Å². The monoisotopic (exact) mass is 1070 g/mol. The van der Waals surface area contributed by atoms with Crippen molar-refractivity contribution < 1.29 is 143 Å². The first kappa shape index (κ1) is 61.5. The van der Waals surface area contributed by atoms with Crippen molar-refractivity contribution in [3.63, 3.8) is 0 Å². The van der Waals surface area contributed by atoms with Gasteiger partial charge in [-0.1, -0.05) is 0 Å². The van der Waals surface area contributed by atoms with E-state index in [1.54, 1.807) is 0 Å². The van der Waals surface area contributed by atoms with E-state index in [1.165, 1.54) is 0 Å². The van der Waals surface area contributed by atoms with Crippen molar-refractivity contribution in [3.05, 3.63) is 0 Å². The summed E-state index contributed by atoms with van der Waals surface area (Å²) in [6.45, 7) is -0.746. The number of carboxylic acid groups (broad SMARTS) is 2. The second-order valence-electron chi connectivity index (χ2n) is 17.9. The molecule has 4 rings (SSSR count). The molecule has 0 aromatic heterocycles. The predicted molar refractivity (Wildman–Crippen MR) is 227 cm³/mol. The molecule has 4 aliphatic rings. The van der Waals surface area contributed by atoms with Gasteiger partial charge in [0.1, 0.15) is 91.4 Å². The number of carboxylic acids is 2. The number of nitrogens with one attached hydrogen (secondary N) is 3. The molecular formula is C40H66N4O29. The van der Waals surface area contributed by atoms with E-state index in [9.17, 15) is 105 Å². The Morgan fingerprint density at radius 3 is 1.53 bits per heavy atom. The normalized spacial score (nSPS) is 39.4. The van der Waals surface area contributed by atoms with E-state index >= 15 is 0 Å². The van der Waals surface area contributed by atoms with Crippen LogP contribution in [-0.2, 0) is 66.7 Å². The van der Waals surface area contributed by atoms with E-state index in [0.29, 0.717) is 0 Å². The van der Waals surface area contributed by atoms with Crippen LogP contribution in [0.3, 0.4) is 0 Å². The largest absolute Gasteiger partial charge is 0.477 e. The van der Waals surface area contributed by atoms with Crippen LogP contribution in [0.5, 0.6) is 0 Å². The molecule has 0 radical (unpaired) electrons. The predicted octanol–water partition coefficient (Wildman–Crippen LogP) is -11.6. The van der Waals surface area contributed by atoms with Crippen LogP contribution in [0.25, 0.3) is 0 Å². The third-order valence-electron chi connectivity index (χ3n) is 12.4. The molecule has 4 heterocycles. The maximum absolute atomic E-state index is 13.2. The standard InChI is InChI=1S/C40H66N4O29/c1-11(48)21(41)34(61)70-35-24(44-14(4)51)31(27(58)20(68-35)10-66-39(37(62)63)5-15(52)22(42-12(2)49)32(72-39)25(56)17(54)7-45)69-36-29(60)28(59)30(19(9-47)67-36)71-40(38(64)65)6-16(53)23(43-13(3)50)33(73-40)26(57)18(55)8-46/h11,15-33,35-36,45-48,52-60H,5-10,41H2,1-4H3,(H,42,49)(H,43,50)(H,44,51)(H,62,63)(H,64,65)/t11-,15+,16+,17-,18-,19-,20-,21+,22-,23-,24-,25-,26-,27+,28-,29-,30+,31-,32-,33-,35-,36+,39-,40-/m1/s1. The van der Waals surface area contributed by atoms with Crippen molar-refractivity contribution in [2.24, 2.45) is 5.73 Å². The third-order valence-corrected chi connectivity index (χ3v) is 12.4. The lowest BCUT2D eigenvalue weighted by Crippen LogP contribution is -2.71. The van der Waals surface area contributed by atoms with E-state index < -0.39 is 221 Å². The van der Waals surface area contributed by atoms with Crippen LogP contribution in [0.2, 0.25) is 0 Å². The van der Waals surface area contributed by atoms with E-state index in [4.69, 9.17) is 43.6 Å². The molecule has 4 aliphatic heterocycles. The quantitative estimate of drug-likeness (QED) is 0.0448. The second kappa shape index (κ2) is 25.7. The third kappa shape index (κ3) is 14.1. The van der Waals surface area contributed by atoms with Crippen molar-refractivity contribution >= 4 is 35.6 Å². The summed E-state index contributed by atoms with van der Waals surface area (Å²) in [6.07, 6.45) is -40.6. The summed E-state index contributed by atoms with van der Waals surface area (Å²) in [5.74, 6) is -14.4. The minimum atomic E-state index is -3.18. The van der Waals surface area contributed by atoms with Gasteiger partial charge in [0.2, 0.25) is 24.0 Å². The summed E-state index contributed by atoms with van der Waals surface area (Å²) in [5, 5.41) is 166. The van der Waals surface area contributed by atoms with Gasteiger partial charge in [0, 0.05) is 33.6 Å². The fraction of sp³-hybridized carbons (Fsp3) is 0.850. The Hall–Kier alpha value is -4.02. The molecule has 0 unspecified atom stereocenters. The molecule has 4 fully saturated rings. The van der Waals surface area contributed by atoms with Crippen LogP contribution < -0.4 is 21.7 Å². The average molecular weight is 1070 g/mol. The Labute approximate surface area is 413 Å². The van der Waals surface area contributed by atoms with Crippen LogP contribution in [-0.4, -0.2) is 285 Å². The molecular weight excluding hydrogens is 1000 g/mol. The van der Waals surface area contributed by atoms with Gasteiger partial charge in [-0.3, -0.25) is 19.2 Å². The molecule has 0 bridgehead atoms. The highest BCUT2D eigenvalue weighted by Crippen LogP contribution is 2.39. The maximum atomic E-state index is 13.2. The number of aliphatic hydroxyl groups is 13. The Balaban J connectivity index is 1.73. The molecule has 420 valence electrons. The van der Waals surface area contributed by atoms with Gasteiger partial charge in [-0.05, 0) is 6.92 Å². The Morgan fingerprint density at radius 2 is 1.10 bits per heavy atom. The molecule has 33 nitrogen and oxygen atoms in total. The van der Waals surface area contributed by atoms with Crippen LogP contribution in [0.4, 0.5) is 0 Å². The number of aliphatic hydroxyl groups excluding tert-OH is 13. The van der Waals surface area contributed by atoms with Crippen molar-refractivity contribution in [2.75, 3.05) is 26.4 Å². The van der Waals surface area contributed by atoms with Gasteiger partial charge in [0.05, 0.1) is 56.8 Å². The van der Waals surface area contributed by atoms with Crippen LogP contribution in [0.15, 0.2) is 0 Å². The fourth-order valence-electron chi connectivity index (χ4n) is 8.52. The van der Waals surface area contributed by atoms with Gasteiger partial charge in [-0.15, -0.1) is 0 Å². The fourth-order valence-corrected chi connectivity index (χ4v) is 8.52. The molecule has 0 saturated carbocycles. The summed E-state index contributed by atoms with van der Waals surface area (Å²) in [5.41, 5.74) is 5.76. The van der Waals surface area contributed by atoms with Gasteiger partial charge < -0.3 is 136 Å². The number of hydrogen-bond acceptors (Lipinski definition) is 28. The van der Waals surface area contributed by atoms with Gasteiger partial charge in [0.25, 0.3) is 11.6 Å². The number of ether oxygens (including phenoxy) is 8. The first-order valence-electron chi connectivity index (χ1n) is 22.5. The Kier molecular flexibility index (Phi) is 21.6. The number of carbonyl (C=O) groups excluding carboxylic acids is 4. The van der Waals surface area contributed by atoms with E-state index in [1.807, 2.05) is 0 Å². The molecule has 73 heavy (non-hydrogen) atoms. The molecule has 4 saturated heterocycles. The van der Waals surface area contributed by atoms with Crippen molar-refractivity contribution in [1.29, 1.82) is 0 Å². The first-order valence-corrected chi connectivity index (χ1v) is 22.5.